The standard InChI is InChI=1S/C16H19N3O4S/c1-2-22-15(21)17-11-4-3-7-19(9-11)14(20)10-5-6-12-13(8-10)23-16(24)18-12/h5-6,8,11H,2-4,7,9H2,1H3,(H,17,21)(H,18,24). The van der Waals surface area contributed by atoms with Gasteiger partial charge in [-0.1, -0.05) is 0 Å². The summed E-state index contributed by atoms with van der Waals surface area (Å²) in [5.41, 5.74) is 1.86. The number of nitrogens with one attached hydrogen (secondary N) is 2. The van der Waals surface area contributed by atoms with E-state index in [9.17, 15) is 9.59 Å². The topological polar surface area (TPSA) is 87.6 Å². The Kier molecular flexibility index (Phi) is 4.84. The van der Waals surface area contributed by atoms with Gasteiger partial charge in [-0.2, -0.15) is 0 Å². The van der Waals surface area contributed by atoms with E-state index in [1.165, 1.54) is 0 Å². The maximum absolute atomic E-state index is 12.7. The fraction of sp³-hybridized carbons (Fsp3) is 0.438. The van der Waals surface area contributed by atoms with Crippen molar-refractivity contribution < 1.29 is 18.7 Å². The van der Waals surface area contributed by atoms with Gasteiger partial charge in [0.05, 0.1) is 12.1 Å². The molecule has 0 spiro atoms. The van der Waals surface area contributed by atoms with E-state index in [0.29, 0.717) is 30.8 Å². The van der Waals surface area contributed by atoms with Gasteiger partial charge < -0.3 is 24.4 Å². The van der Waals surface area contributed by atoms with Gasteiger partial charge in [-0.15, -0.1) is 0 Å². The van der Waals surface area contributed by atoms with Gasteiger partial charge in [0.15, 0.2) is 5.58 Å². The molecule has 2 heterocycles. The van der Waals surface area contributed by atoms with Crippen LogP contribution < -0.4 is 5.32 Å². The molecule has 2 aromatic rings. The van der Waals surface area contributed by atoms with Crippen LogP contribution in [-0.4, -0.2) is 47.6 Å². The molecule has 2 amide bonds. The van der Waals surface area contributed by atoms with Gasteiger partial charge in [0, 0.05) is 24.7 Å². The van der Waals surface area contributed by atoms with E-state index in [1.807, 2.05) is 0 Å². The van der Waals surface area contributed by atoms with E-state index in [4.69, 9.17) is 21.4 Å². The van der Waals surface area contributed by atoms with Gasteiger partial charge in [0.2, 0.25) is 0 Å². The van der Waals surface area contributed by atoms with E-state index < -0.39 is 6.09 Å². The second-order valence-electron chi connectivity index (χ2n) is 5.68. The van der Waals surface area contributed by atoms with E-state index in [2.05, 4.69) is 10.3 Å². The molecule has 3 rings (SSSR count). The monoisotopic (exact) mass is 349 g/mol. The highest BCUT2D eigenvalue weighted by Gasteiger charge is 2.26. The highest BCUT2D eigenvalue weighted by Crippen LogP contribution is 2.19. The van der Waals surface area contributed by atoms with Crippen molar-refractivity contribution in [3.8, 4) is 0 Å². The summed E-state index contributed by atoms with van der Waals surface area (Å²) in [6, 6.07) is 5.11. The maximum Gasteiger partial charge on any atom is 0.407 e. The summed E-state index contributed by atoms with van der Waals surface area (Å²) in [7, 11) is 0. The summed E-state index contributed by atoms with van der Waals surface area (Å²) in [4.78, 5) is 29.2. The first-order valence-electron chi connectivity index (χ1n) is 7.92. The predicted molar refractivity (Wildman–Crippen MR) is 90.5 cm³/mol. The number of nitrogens with zero attached hydrogens (tertiary/aromatic N) is 1. The zero-order chi connectivity index (χ0) is 17.1. The minimum atomic E-state index is -0.442. The molecule has 1 aromatic carbocycles. The molecule has 1 aliphatic rings. The molecule has 1 aromatic heterocycles. The molecular weight excluding hydrogens is 330 g/mol. The molecular formula is C16H19N3O4S. The van der Waals surface area contributed by atoms with Gasteiger partial charge in [-0.05, 0) is 50.2 Å². The van der Waals surface area contributed by atoms with Crippen LogP contribution in [0.4, 0.5) is 4.79 Å². The van der Waals surface area contributed by atoms with Crippen molar-refractivity contribution in [2.75, 3.05) is 19.7 Å². The molecule has 1 fully saturated rings. The number of rotatable bonds is 3. The number of likely N-dealkylation sites (tertiary alicyclic amines) is 1. The number of amides is 2. The highest BCUT2D eigenvalue weighted by molar-refractivity contribution is 7.71. The molecule has 1 atom stereocenters. The quantitative estimate of drug-likeness (QED) is 0.832. The number of aromatic amines is 1. The number of carbonyl (C=O) groups is 2. The number of alkyl carbamates (subject to hydrolysis) is 1. The van der Waals surface area contributed by atoms with Gasteiger partial charge in [0.1, 0.15) is 0 Å². The third-order valence-corrected chi connectivity index (χ3v) is 4.16. The summed E-state index contributed by atoms with van der Waals surface area (Å²) in [5.74, 6) is -0.0884. The van der Waals surface area contributed by atoms with Crippen LogP contribution in [0.3, 0.4) is 0 Å². The number of hydrogen-bond acceptors (Lipinski definition) is 5. The van der Waals surface area contributed by atoms with Crippen molar-refractivity contribution >= 4 is 35.3 Å². The van der Waals surface area contributed by atoms with E-state index in [-0.39, 0.29) is 16.8 Å². The lowest BCUT2D eigenvalue weighted by Crippen LogP contribution is -2.49. The molecule has 8 heteroatoms. The number of fused-ring (bicyclic) bond motifs is 1. The average molecular weight is 349 g/mol. The normalized spacial score (nSPS) is 17.7. The molecule has 2 N–H and O–H groups in total. The molecule has 0 aliphatic carbocycles. The van der Waals surface area contributed by atoms with Crippen molar-refractivity contribution in [3.05, 3.63) is 28.6 Å². The zero-order valence-electron chi connectivity index (χ0n) is 13.3. The fourth-order valence-corrected chi connectivity index (χ4v) is 3.08. The number of H-pyrrole nitrogens is 1. The molecule has 24 heavy (non-hydrogen) atoms. The van der Waals surface area contributed by atoms with Gasteiger partial charge >= 0.3 is 6.09 Å². The Morgan fingerprint density at radius 3 is 3.12 bits per heavy atom. The van der Waals surface area contributed by atoms with Gasteiger partial charge in [0.25, 0.3) is 10.7 Å². The smallest absolute Gasteiger partial charge is 0.407 e. The molecule has 7 nitrogen and oxygen atoms in total. The summed E-state index contributed by atoms with van der Waals surface area (Å²) in [6.45, 7) is 3.21. The number of piperidine rings is 1. The fourth-order valence-electron chi connectivity index (χ4n) is 2.88. The van der Waals surface area contributed by atoms with Crippen molar-refractivity contribution in [1.29, 1.82) is 0 Å². The van der Waals surface area contributed by atoms with Crippen LogP contribution in [0, 0.1) is 4.84 Å². The third kappa shape index (κ3) is 3.59. The highest BCUT2D eigenvalue weighted by atomic mass is 32.1. The van der Waals surface area contributed by atoms with E-state index in [0.717, 1.165) is 18.4 Å². The first-order valence-corrected chi connectivity index (χ1v) is 8.33. The van der Waals surface area contributed by atoms with Crippen LogP contribution in [0.1, 0.15) is 30.1 Å². The number of benzene rings is 1. The summed E-state index contributed by atoms with van der Waals surface area (Å²) < 4.78 is 10.3. The summed E-state index contributed by atoms with van der Waals surface area (Å²) >= 11 is 4.95. The molecule has 0 saturated carbocycles. The second kappa shape index (κ2) is 7.04. The predicted octanol–water partition coefficient (Wildman–Crippen LogP) is 2.84. The Labute approximate surface area is 144 Å². The second-order valence-corrected chi connectivity index (χ2v) is 6.05. The molecule has 1 unspecified atom stereocenters. The number of hydrogen-bond donors (Lipinski definition) is 2. The van der Waals surface area contributed by atoms with E-state index >= 15 is 0 Å². The largest absolute Gasteiger partial charge is 0.450 e. The van der Waals surface area contributed by atoms with Crippen LogP contribution in [0.5, 0.6) is 0 Å². The number of carbonyl (C=O) groups excluding carboxylic acids is 2. The van der Waals surface area contributed by atoms with Crippen LogP contribution >= 0.6 is 12.2 Å². The van der Waals surface area contributed by atoms with Gasteiger partial charge in [-0.25, -0.2) is 4.79 Å². The lowest BCUT2D eigenvalue weighted by atomic mass is 10.0. The Morgan fingerprint density at radius 2 is 2.33 bits per heavy atom. The maximum atomic E-state index is 12.7. The number of oxazole rings is 1. The van der Waals surface area contributed by atoms with Crippen LogP contribution in [-0.2, 0) is 4.74 Å². The van der Waals surface area contributed by atoms with Gasteiger partial charge in [-0.3, -0.25) is 4.79 Å². The van der Waals surface area contributed by atoms with Crippen LogP contribution in [0.2, 0.25) is 0 Å². The Hall–Kier alpha value is -2.35. The Balaban J connectivity index is 1.70. The van der Waals surface area contributed by atoms with Crippen molar-refractivity contribution in [2.45, 2.75) is 25.8 Å². The number of ether oxygens (including phenoxy) is 1. The van der Waals surface area contributed by atoms with Crippen LogP contribution in [0.15, 0.2) is 22.6 Å². The Bertz CT molecular complexity index is 813. The molecule has 1 aliphatic heterocycles. The third-order valence-electron chi connectivity index (χ3n) is 3.97. The Morgan fingerprint density at radius 1 is 1.50 bits per heavy atom. The summed E-state index contributed by atoms with van der Waals surface area (Å²) in [6.07, 6.45) is 1.21. The molecule has 128 valence electrons. The van der Waals surface area contributed by atoms with Crippen molar-refractivity contribution in [1.82, 2.24) is 15.2 Å². The van der Waals surface area contributed by atoms with Crippen molar-refractivity contribution in [3.63, 3.8) is 0 Å². The first-order chi connectivity index (χ1) is 11.6. The SMILES string of the molecule is CCOC(=O)NC1CCCN(C(=O)c2ccc3[nH]c(=S)oc3c2)C1. The first kappa shape index (κ1) is 16.5. The molecule has 0 bridgehead atoms. The minimum absolute atomic E-state index is 0.0884. The molecule has 0 radical (unpaired) electrons. The van der Waals surface area contributed by atoms with Crippen molar-refractivity contribution in [2.24, 2.45) is 0 Å². The van der Waals surface area contributed by atoms with Crippen LogP contribution in [0.25, 0.3) is 11.1 Å². The lowest BCUT2D eigenvalue weighted by molar-refractivity contribution is 0.0686. The number of aromatic nitrogens is 1. The average Bonchev–Trinajstić information content (AvgIpc) is 2.93. The minimum Gasteiger partial charge on any atom is -0.450 e. The summed E-state index contributed by atoms with van der Waals surface area (Å²) in [5, 5.41) is 2.80. The van der Waals surface area contributed by atoms with E-state index in [1.54, 1.807) is 30.0 Å². The molecule has 1 saturated heterocycles. The zero-order valence-corrected chi connectivity index (χ0v) is 14.1. The lowest BCUT2D eigenvalue weighted by Gasteiger charge is -2.33.